The fraction of sp³-hybridized carbons (Fsp3) is 0.500. The number of aromatic nitrogens is 4. The van der Waals surface area contributed by atoms with Gasteiger partial charge in [0.05, 0.1) is 11.6 Å². The lowest BCUT2D eigenvalue weighted by atomic mass is 9.89. The highest BCUT2D eigenvalue weighted by Crippen LogP contribution is 2.37. The predicted molar refractivity (Wildman–Crippen MR) is 156 cm³/mol. The molecule has 1 amide bonds. The molecule has 0 unspecified atom stereocenters. The Morgan fingerprint density at radius 2 is 2.02 bits per heavy atom. The number of pyridine rings is 1. The quantitative estimate of drug-likeness (QED) is 0.187. The van der Waals surface area contributed by atoms with E-state index in [1.165, 1.54) is 0 Å². The van der Waals surface area contributed by atoms with Crippen molar-refractivity contribution in [3.05, 3.63) is 36.7 Å². The molecule has 12 heteroatoms. The average Bonchev–Trinajstić information content (AvgIpc) is 3.47. The van der Waals surface area contributed by atoms with E-state index in [9.17, 15) is 4.79 Å². The van der Waals surface area contributed by atoms with Gasteiger partial charge in [0.1, 0.15) is 23.2 Å². The van der Waals surface area contributed by atoms with E-state index < -0.39 is 14.4 Å². The van der Waals surface area contributed by atoms with Gasteiger partial charge in [-0.2, -0.15) is 0 Å². The molecule has 1 aliphatic rings. The van der Waals surface area contributed by atoms with Gasteiger partial charge < -0.3 is 28.9 Å². The van der Waals surface area contributed by atoms with Crippen LogP contribution in [-0.4, -0.2) is 71.4 Å². The molecule has 0 radical (unpaired) electrons. The van der Waals surface area contributed by atoms with Crippen LogP contribution >= 0.6 is 0 Å². The van der Waals surface area contributed by atoms with E-state index in [1.807, 2.05) is 25.2 Å². The van der Waals surface area contributed by atoms with Crippen LogP contribution in [0.3, 0.4) is 0 Å². The molecule has 1 saturated carbocycles. The van der Waals surface area contributed by atoms with Crippen LogP contribution in [0.1, 0.15) is 40.0 Å². The molecular formula is C28H38N6O5Si. The number of hydrogen-bond donors (Lipinski definition) is 2. The number of imidazole rings is 1. The third kappa shape index (κ3) is 5.78. The van der Waals surface area contributed by atoms with E-state index >= 15 is 0 Å². The number of hydrogen-bond acceptors (Lipinski definition) is 8. The van der Waals surface area contributed by atoms with Crippen molar-refractivity contribution in [2.45, 2.75) is 70.3 Å². The van der Waals surface area contributed by atoms with Crippen molar-refractivity contribution in [2.75, 3.05) is 25.1 Å². The normalized spacial score (nSPS) is 17.6. The van der Waals surface area contributed by atoms with Crippen LogP contribution in [0.4, 0.5) is 10.6 Å². The number of furan rings is 1. The summed E-state index contributed by atoms with van der Waals surface area (Å²) in [6.45, 7) is 12.9. The van der Waals surface area contributed by atoms with Gasteiger partial charge in [-0.25, -0.2) is 19.3 Å². The first-order valence-corrected chi connectivity index (χ1v) is 16.6. The molecule has 0 atom stereocenters. The van der Waals surface area contributed by atoms with Gasteiger partial charge in [-0.05, 0) is 42.8 Å². The van der Waals surface area contributed by atoms with Gasteiger partial charge in [-0.15, -0.1) is 5.10 Å². The van der Waals surface area contributed by atoms with Gasteiger partial charge in [0.25, 0.3) is 0 Å². The minimum Gasteiger partial charge on any atom is -0.473 e. The maximum absolute atomic E-state index is 10.8. The van der Waals surface area contributed by atoms with Gasteiger partial charge in [0.15, 0.2) is 19.7 Å². The first-order chi connectivity index (χ1) is 18.9. The SMILES string of the molecule is CN(CCCO[Si](C)(C)C(C)(C)C)c1nccc2oc(-c3cnc4ccc(OC5CC(NC(=O)O)C5)nn34)cc12. The molecule has 0 spiro atoms. The van der Waals surface area contributed by atoms with Crippen molar-refractivity contribution in [2.24, 2.45) is 0 Å². The van der Waals surface area contributed by atoms with Gasteiger partial charge in [0.2, 0.25) is 5.88 Å². The van der Waals surface area contributed by atoms with E-state index in [4.69, 9.17) is 18.7 Å². The van der Waals surface area contributed by atoms with Gasteiger partial charge in [0, 0.05) is 51.3 Å². The van der Waals surface area contributed by atoms with Gasteiger partial charge in [-0.1, -0.05) is 20.8 Å². The minimum atomic E-state index is -1.77. The molecule has 4 heterocycles. The minimum absolute atomic E-state index is 0.0866. The Bertz CT molecular complexity index is 1500. The van der Waals surface area contributed by atoms with Crippen LogP contribution in [0.2, 0.25) is 18.1 Å². The van der Waals surface area contributed by atoms with E-state index in [2.05, 4.69) is 59.1 Å². The van der Waals surface area contributed by atoms with Crippen LogP contribution in [0, 0.1) is 0 Å². The second kappa shape index (κ2) is 10.7. The lowest BCUT2D eigenvalue weighted by Crippen LogP contribution is -2.48. The molecule has 0 saturated heterocycles. The molecule has 11 nitrogen and oxygen atoms in total. The zero-order valence-corrected chi connectivity index (χ0v) is 25.0. The van der Waals surface area contributed by atoms with Gasteiger partial charge >= 0.3 is 6.09 Å². The Labute approximate surface area is 234 Å². The van der Waals surface area contributed by atoms with E-state index in [0.29, 0.717) is 35.8 Å². The third-order valence-corrected chi connectivity index (χ3v) is 12.5. The second-order valence-corrected chi connectivity index (χ2v) is 16.8. The Hall–Kier alpha value is -3.64. The third-order valence-electron chi connectivity index (χ3n) is 7.99. The summed E-state index contributed by atoms with van der Waals surface area (Å²) in [4.78, 5) is 22.1. The number of ether oxygens (including phenoxy) is 1. The molecule has 1 aliphatic carbocycles. The number of amides is 1. The van der Waals surface area contributed by atoms with Crippen molar-refractivity contribution < 1.29 is 23.5 Å². The van der Waals surface area contributed by atoms with Gasteiger partial charge in [-0.3, -0.25) is 0 Å². The van der Waals surface area contributed by atoms with Crippen molar-refractivity contribution in [1.82, 2.24) is 24.9 Å². The summed E-state index contributed by atoms with van der Waals surface area (Å²) >= 11 is 0. The second-order valence-electron chi connectivity index (χ2n) is 12.0. The zero-order chi connectivity index (χ0) is 28.7. The first kappa shape index (κ1) is 27.9. The van der Waals surface area contributed by atoms with Crippen LogP contribution in [-0.2, 0) is 4.43 Å². The maximum Gasteiger partial charge on any atom is 0.404 e. The molecule has 4 aromatic rings. The fourth-order valence-corrected chi connectivity index (χ4v) is 5.63. The molecule has 0 aromatic carbocycles. The molecule has 2 N–H and O–H groups in total. The number of carbonyl (C=O) groups is 1. The van der Waals surface area contributed by atoms with Crippen LogP contribution in [0.5, 0.6) is 5.88 Å². The van der Waals surface area contributed by atoms with Crippen LogP contribution in [0.15, 0.2) is 41.1 Å². The predicted octanol–water partition coefficient (Wildman–Crippen LogP) is 5.56. The zero-order valence-electron chi connectivity index (χ0n) is 24.0. The highest BCUT2D eigenvalue weighted by Gasteiger charge is 2.37. The first-order valence-electron chi connectivity index (χ1n) is 13.7. The summed E-state index contributed by atoms with van der Waals surface area (Å²) in [6, 6.07) is 7.37. The molecule has 1 fully saturated rings. The summed E-state index contributed by atoms with van der Waals surface area (Å²) in [5, 5.41) is 17.1. The molecule has 4 aromatic heterocycles. The molecule has 40 heavy (non-hydrogen) atoms. The van der Waals surface area contributed by atoms with E-state index in [0.717, 1.165) is 36.4 Å². The number of rotatable bonds is 10. The lowest BCUT2D eigenvalue weighted by Gasteiger charge is -2.36. The summed E-state index contributed by atoms with van der Waals surface area (Å²) in [5.41, 5.74) is 2.10. The Kier molecular flexibility index (Phi) is 7.49. The summed E-state index contributed by atoms with van der Waals surface area (Å²) in [6.07, 6.45) is 4.51. The van der Waals surface area contributed by atoms with Crippen LogP contribution in [0.25, 0.3) is 28.1 Å². The number of nitrogens with zero attached hydrogens (tertiary/aromatic N) is 5. The lowest BCUT2D eigenvalue weighted by molar-refractivity contribution is 0.0782. The molecule has 5 rings (SSSR count). The smallest absolute Gasteiger partial charge is 0.404 e. The number of nitrogens with one attached hydrogen (secondary N) is 1. The topological polar surface area (TPSA) is 127 Å². The summed E-state index contributed by atoms with van der Waals surface area (Å²) < 4.78 is 20.3. The maximum atomic E-state index is 10.8. The molecule has 0 bridgehead atoms. The van der Waals surface area contributed by atoms with Crippen molar-refractivity contribution in [1.29, 1.82) is 0 Å². The van der Waals surface area contributed by atoms with Crippen molar-refractivity contribution in [3.8, 4) is 17.3 Å². The van der Waals surface area contributed by atoms with Crippen molar-refractivity contribution in [3.63, 3.8) is 0 Å². The Morgan fingerprint density at radius 1 is 1.25 bits per heavy atom. The average molecular weight is 567 g/mol. The highest BCUT2D eigenvalue weighted by atomic mass is 28.4. The summed E-state index contributed by atoms with van der Waals surface area (Å²) in [7, 11) is 0.271. The molecule has 0 aliphatic heterocycles. The Morgan fingerprint density at radius 3 is 2.75 bits per heavy atom. The Balaban J connectivity index is 1.29. The monoisotopic (exact) mass is 566 g/mol. The summed E-state index contributed by atoms with van der Waals surface area (Å²) in [5.74, 6) is 1.93. The van der Waals surface area contributed by atoms with Crippen LogP contribution < -0.4 is 15.0 Å². The number of anilines is 1. The number of fused-ring (bicyclic) bond motifs is 2. The standard InChI is InChI=1S/C28H38N6O5Si/c1-28(2,3)40(5,6)37-13-7-12-33(4)26-20-16-23(39-22(20)10-11-29-26)21-17-30-24-8-9-25(32-34(21)24)38-19-14-18(15-19)31-27(35)36/h8-11,16-19,31H,7,12-15H2,1-6H3,(H,35,36). The number of carboxylic acid groups (broad SMARTS) is 1. The highest BCUT2D eigenvalue weighted by molar-refractivity contribution is 6.74. The fourth-order valence-electron chi connectivity index (χ4n) is 4.54. The molecule has 214 valence electrons. The molecular weight excluding hydrogens is 528 g/mol. The van der Waals surface area contributed by atoms with E-state index in [-0.39, 0.29) is 17.2 Å². The largest absolute Gasteiger partial charge is 0.473 e. The van der Waals surface area contributed by atoms with E-state index in [1.54, 1.807) is 23.0 Å². The van der Waals surface area contributed by atoms with Crippen molar-refractivity contribution >= 4 is 36.8 Å².